The van der Waals surface area contributed by atoms with E-state index in [9.17, 15) is 14.7 Å². The van der Waals surface area contributed by atoms with Gasteiger partial charge in [-0.1, -0.05) is 12.1 Å². The molecule has 0 aliphatic carbocycles. The van der Waals surface area contributed by atoms with Gasteiger partial charge in [0.05, 0.1) is 19.9 Å². The molecule has 2 N–H and O–H groups in total. The molecule has 0 saturated heterocycles. The number of nitrogens with zero attached hydrogens (tertiary/aromatic N) is 2. The van der Waals surface area contributed by atoms with E-state index in [1.54, 1.807) is 48.5 Å². The Morgan fingerprint density at radius 1 is 1.04 bits per heavy atom. The van der Waals surface area contributed by atoms with E-state index >= 15 is 0 Å². The molecular weight excluding hydrogens is 350 g/mol. The van der Waals surface area contributed by atoms with Gasteiger partial charge in [0.25, 0.3) is 5.56 Å². The van der Waals surface area contributed by atoms with Gasteiger partial charge in [-0.05, 0) is 36.4 Å². The number of hydrogen-bond donors (Lipinski definition) is 2. The van der Waals surface area contributed by atoms with E-state index in [0.717, 1.165) is 4.57 Å². The normalized spacial score (nSPS) is 10.9. The summed E-state index contributed by atoms with van der Waals surface area (Å²) in [5, 5.41) is 10.5. The summed E-state index contributed by atoms with van der Waals surface area (Å²) in [5.41, 5.74) is -0.836. The SMILES string of the molecule is COc1ccc(-n2c(O)c(C=Nc3ccccc3OC)c(=O)[nH]c2=O)cc1. The summed E-state index contributed by atoms with van der Waals surface area (Å²) in [7, 11) is 3.02. The second-order valence-corrected chi connectivity index (χ2v) is 5.46. The molecule has 1 heterocycles. The molecule has 8 nitrogen and oxygen atoms in total. The zero-order valence-corrected chi connectivity index (χ0v) is 14.7. The van der Waals surface area contributed by atoms with Crippen LogP contribution in [0.5, 0.6) is 17.4 Å². The van der Waals surface area contributed by atoms with Crippen molar-refractivity contribution < 1.29 is 14.6 Å². The van der Waals surface area contributed by atoms with Gasteiger partial charge >= 0.3 is 5.69 Å². The van der Waals surface area contributed by atoms with Crippen molar-refractivity contribution in [1.29, 1.82) is 0 Å². The number of methoxy groups -OCH3 is 2. The number of aromatic hydroxyl groups is 1. The molecule has 27 heavy (non-hydrogen) atoms. The maximum atomic E-state index is 12.2. The van der Waals surface area contributed by atoms with E-state index < -0.39 is 17.1 Å². The van der Waals surface area contributed by atoms with Gasteiger partial charge in [0.1, 0.15) is 22.7 Å². The molecule has 1 aromatic heterocycles. The molecule has 0 spiro atoms. The standard InChI is InChI=1S/C19H17N3O5/c1-26-13-9-7-12(8-10-13)22-18(24)14(17(23)21-19(22)25)11-20-15-5-3-4-6-16(15)27-2/h3-11,24H,1-2H3,(H,21,23,25). The lowest BCUT2D eigenvalue weighted by Crippen LogP contribution is -2.31. The van der Waals surface area contributed by atoms with Crippen molar-refractivity contribution in [3.63, 3.8) is 0 Å². The van der Waals surface area contributed by atoms with E-state index in [1.165, 1.54) is 20.4 Å². The van der Waals surface area contributed by atoms with Crippen molar-refractivity contribution in [2.45, 2.75) is 0 Å². The molecular formula is C19H17N3O5. The summed E-state index contributed by atoms with van der Waals surface area (Å²) < 4.78 is 11.3. The number of aromatic nitrogens is 2. The molecule has 0 radical (unpaired) electrons. The lowest BCUT2D eigenvalue weighted by molar-refractivity contribution is 0.414. The van der Waals surface area contributed by atoms with Crippen LogP contribution in [0.1, 0.15) is 5.56 Å². The molecule has 138 valence electrons. The van der Waals surface area contributed by atoms with Crippen molar-refractivity contribution in [3.8, 4) is 23.1 Å². The molecule has 0 saturated carbocycles. The Bertz CT molecular complexity index is 1100. The number of para-hydroxylation sites is 2. The van der Waals surface area contributed by atoms with Crippen LogP contribution in [0.2, 0.25) is 0 Å². The van der Waals surface area contributed by atoms with Gasteiger partial charge in [0.2, 0.25) is 5.88 Å². The Morgan fingerprint density at radius 2 is 1.74 bits per heavy atom. The van der Waals surface area contributed by atoms with Crippen molar-refractivity contribution in [2.24, 2.45) is 4.99 Å². The molecule has 3 rings (SSSR count). The summed E-state index contributed by atoms with van der Waals surface area (Å²) in [6.45, 7) is 0. The predicted octanol–water partition coefficient (Wildman–Crippen LogP) is 2.00. The van der Waals surface area contributed by atoms with Crippen molar-refractivity contribution in [2.75, 3.05) is 14.2 Å². The number of benzene rings is 2. The number of rotatable bonds is 5. The lowest BCUT2D eigenvalue weighted by Gasteiger charge is -2.10. The average molecular weight is 367 g/mol. The second kappa shape index (κ2) is 7.61. The van der Waals surface area contributed by atoms with Crippen molar-refractivity contribution in [1.82, 2.24) is 9.55 Å². The first-order chi connectivity index (χ1) is 13.0. The van der Waals surface area contributed by atoms with Crippen molar-refractivity contribution in [3.05, 3.63) is 74.9 Å². The molecule has 0 amide bonds. The minimum Gasteiger partial charge on any atom is -0.497 e. The molecule has 0 aliphatic rings. The lowest BCUT2D eigenvalue weighted by atomic mass is 10.2. The van der Waals surface area contributed by atoms with Crippen molar-refractivity contribution >= 4 is 11.9 Å². The highest BCUT2D eigenvalue weighted by Gasteiger charge is 2.14. The summed E-state index contributed by atoms with van der Waals surface area (Å²) in [6, 6.07) is 13.4. The van der Waals surface area contributed by atoms with Crippen LogP contribution in [0, 0.1) is 0 Å². The maximum absolute atomic E-state index is 12.2. The maximum Gasteiger partial charge on any atom is 0.335 e. The number of ether oxygens (including phenoxy) is 2. The molecule has 0 bridgehead atoms. The van der Waals surface area contributed by atoms with Gasteiger partial charge in [-0.25, -0.2) is 9.36 Å². The molecule has 3 aromatic rings. The van der Waals surface area contributed by atoms with Crippen LogP contribution in [-0.4, -0.2) is 35.1 Å². The third-order valence-corrected chi connectivity index (χ3v) is 3.87. The first-order valence-electron chi connectivity index (χ1n) is 7.95. The van der Waals surface area contributed by atoms with Crippen LogP contribution in [0.3, 0.4) is 0 Å². The topological polar surface area (TPSA) is 106 Å². The number of H-pyrrole nitrogens is 1. The van der Waals surface area contributed by atoms with Crippen LogP contribution >= 0.6 is 0 Å². The van der Waals surface area contributed by atoms with Crippen LogP contribution < -0.4 is 20.7 Å². The van der Waals surface area contributed by atoms with Crippen LogP contribution in [0.4, 0.5) is 5.69 Å². The molecule has 8 heteroatoms. The van der Waals surface area contributed by atoms with E-state index in [2.05, 4.69) is 9.98 Å². The zero-order valence-electron chi connectivity index (χ0n) is 14.7. The average Bonchev–Trinajstić information content (AvgIpc) is 2.68. The summed E-state index contributed by atoms with van der Waals surface area (Å²) in [5.74, 6) is 0.578. The van der Waals surface area contributed by atoms with Gasteiger partial charge in [-0.15, -0.1) is 0 Å². The van der Waals surface area contributed by atoms with Crippen LogP contribution in [0.25, 0.3) is 5.69 Å². The van der Waals surface area contributed by atoms with Crippen LogP contribution in [-0.2, 0) is 0 Å². The van der Waals surface area contributed by atoms with Gasteiger partial charge in [0, 0.05) is 6.21 Å². The number of aliphatic imine (C=N–C) groups is 1. The predicted molar refractivity (Wildman–Crippen MR) is 101 cm³/mol. The summed E-state index contributed by atoms with van der Waals surface area (Å²) in [4.78, 5) is 30.7. The highest BCUT2D eigenvalue weighted by atomic mass is 16.5. The fourth-order valence-electron chi connectivity index (χ4n) is 2.50. The van der Waals surface area contributed by atoms with Gasteiger partial charge in [-0.3, -0.25) is 14.8 Å². The first kappa shape index (κ1) is 18.0. The third-order valence-electron chi connectivity index (χ3n) is 3.87. The number of aromatic amines is 1. The summed E-state index contributed by atoms with van der Waals surface area (Å²) >= 11 is 0. The molecule has 0 fully saturated rings. The molecule has 2 aromatic carbocycles. The third kappa shape index (κ3) is 3.59. The Balaban J connectivity index is 2.10. The van der Waals surface area contributed by atoms with Gasteiger partial charge in [-0.2, -0.15) is 0 Å². The fourth-order valence-corrected chi connectivity index (χ4v) is 2.50. The minimum atomic E-state index is -0.767. The van der Waals surface area contributed by atoms with Crippen LogP contribution in [0.15, 0.2) is 63.1 Å². The minimum absolute atomic E-state index is 0.156. The highest BCUT2D eigenvalue weighted by molar-refractivity contribution is 5.85. The zero-order chi connectivity index (χ0) is 19.4. The Morgan fingerprint density at radius 3 is 2.41 bits per heavy atom. The Labute approximate surface area is 154 Å². The molecule has 0 atom stereocenters. The fraction of sp³-hybridized carbons (Fsp3) is 0.105. The highest BCUT2D eigenvalue weighted by Crippen LogP contribution is 2.26. The monoisotopic (exact) mass is 367 g/mol. The number of nitrogens with one attached hydrogen (secondary N) is 1. The Kier molecular flexibility index (Phi) is 5.07. The quantitative estimate of drug-likeness (QED) is 0.671. The van der Waals surface area contributed by atoms with E-state index in [0.29, 0.717) is 22.9 Å². The van der Waals surface area contributed by atoms with Gasteiger partial charge < -0.3 is 14.6 Å². The van der Waals surface area contributed by atoms with E-state index in [4.69, 9.17) is 9.47 Å². The smallest absolute Gasteiger partial charge is 0.335 e. The molecule has 0 unspecified atom stereocenters. The summed E-state index contributed by atoms with van der Waals surface area (Å²) in [6.07, 6.45) is 1.19. The molecule has 0 aliphatic heterocycles. The van der Waals surface area contributed by atoms with Gasteiger partial charge in [0.15, 0.2) is 0 Å². The first-order valence-corrected chi connectivity index (χ1v) is 7.95. The van der Waals surface area contributed by atoms with E-state index in [-0.39, 0.29) is 5.56 Å². The Hall–Kier alpha value is -3.81. The second-order valence-electron chi connectivity index (χ2n) is 5.46. The number of hydrogen-bond acceptors (Lipinski definition) is 6. The largest absolute Gasteiger partial charge is 0.497 e. The van der Waals surface area contributed by atoms with E-state index in [1.807, 2.05) is 0 Å².